The van der Waals surface area contributed by atoms with Gasteiger partial charge in [0, 0.05) is 13.2 Å². The van der Waals surface area contributed by atoms with Crippen LogP contribution in [-0.4, -0.2) is 49.0 Å². The van der Waals surface area contributed by atoms with Gasteiger partial charge in [0.25, 0.3) is 5.91 Å². The fourth-order valence-electron chi connectivity index (χ4n) is 2.32. The van der Waals surface area contributed by atoms with E-state index in [4.69, 9.17) is 0 Å². The van der Waals surface area contributed by atoms with E-state index in [9.17, 15) is 14.4 Å². The van der Waals surface area contributed by atoms with Gasteiger partial charge in [-0.05, 0) is 12.1 Å². The summed E-state index contributed by atoms with van der Waals surface area (Å²) in [6.07, 6.45) is 1.50. The minimum absolute atomic E-state index is 0.295. The molecule has 0 radical (unpaired) electrons. The van der Waals surface area contributed by atoms with E-state index < -0.39 is 23.9 Å². The second kappa shape index (κ2) is 5.28. The summed E-state index contributed by atoms with van der Waals surface area (Å²) in [5, 5.41) is 0. The van der Waals surface area contributed by atoms with E-state index >= 15 is 0 Å². The molecule has 2 rings (SSSR count). The quantitative estimate of drug-likeness (QED) is 0.578. The van der Waals surface area contributed by atoms with Crippen molar-refractivity contribution < 1.29 is 23.9 Å². The summed E-state index contributed by atoms with van der Waals surface area (Å²) in [5.41, 5.74) is 0.749. The molecule has 0 aromatic carbocycles. The number of pyridine rings is 1. The monoisotopic (exact) mass is 278 g/mol. The van der Waals surface area contributed by atoms with Crippen LogP contribution in [0.2, 0.25) is 0 Å². The van der Waals surface area contributed by atoms with Gasteiger partial charge in [-0.2, -0.15) is 0 Å². The maximum absolute atomic E-state index is 12.1. The molecule has 0 saturated carbocycles. The van der Waals surface area contributed by atoms with Gasteiger partial charge in [-0.25, -0.2) is 0 Å². The third-order valence-corrected chi connectivity index (χ3v) is 3.31. The highest BCUT2D eigenvalue weighted by Crippen LogP contribution is 2.37. The van der Waals surface area contributed by atoms with Crippen molar-refractivity contribution in [2.45, 2.75) is 6.04 Å². The van der Waals surface area contributed by atoms with E-state index in [0.717, 1.165) is 0 Å². The van der Waals surface area contributed by atoms with Crippen LogP contribution in [0.15, 0.2) is 18.3 Å². The zero-order chi connectivity index (χ0) is 14.9. The third-order valence-electron chi connectivity index (χ3n) is 3.31. The number of aromatic nitrogens is 1. The molecule has 7 nitrogen and oxygen atoms in total. The lowest BCUT2D eigenvalue weighted by molar-refractivity contribution is -0.161. The molecule has 1 aliphatic rings. The standard InChI is InChI=1S/C13H14N2O5/c1-15-10(8(12(17)19-2)13(18)20-3)9-7(11(15)16)5-4-6-14-9/h4-6,8,10H,1-3H3. The Balaban J connectivity index is 2.51. The number of rotatable bonds is 3. The summed E-state index contributed by atoms with van der Waals surface area (Å²) in [5.74, 6) is -3.08. The number of esters is 2. The van der Waals surface area contributed by atoms with Crippen LogP contribution in [-0.2, 0) is 19.1 Å². The minimum Gasteiger partial charge on any atom is -0.468 e. The van der Waals surface area contributed by atoms with Gasteiger partial charge in [-0.3, -0.25) is 19.4 Å². The molecule has 20 heavy (non-hydrogen) atoms. The van der Waals surface area contributed by atoms with Crippen LogP contribution < -0.4 is 0 Å². The van der Waals surface area contributed by atoms with Crippen molar-refractivity contribution in [3.63, 3.8) is 0 Å². The smallest absolute Gasteiger partial charge is 0.322 e. The Morgan fingerprint density at radius 1 is 1.30 bits per heavy atom. The Kier molecular flexibility index (Phi) is 3.69. The number of amides is 1. The second-order valence-corrected chi connectivity index (χ2v) is 4.32. The summed E-state index contributed by atoms with van der Waals surface area (Å²) in [7, 11) is 3.86. The molecule has 2 heterocycles. The van der Waals surface area contributed by atoms with Crippen molar-refractivity contribution in [3.8, 4) is 0 Å². The van der Waals surface area contributed by atoms with Gasteiger partial charge in [-0.15, -0.1) is 0 Å². The molecule has 0 spiro atoms. The van der Waals surface area contributed by atoms with Gasteiger partial charge < -0.3 is 14.4 Å². The normalized spacial score (nSPS) is 17.1. The molecular formula is C13H14N2O5. The molecule has 106 valence electrons. The van der Waals surface area contributed by atoms with Crippen molar-refractivity contribution in [1.29, 1.82) is 0 Å². The van der Waals surface area contributed by atoms with Gasteiger partial charge in [0.05, 0.1) is 31.5 Å². The molecule has 1 aromatic heterocycles. The van der Waals surface area contributed by atoms with Crippen molar-refractivity contribution >= 4 is 17.8 Å². The first-order chi connectivity index (χ1) is 9.52. The Hall–Kier alpha value is -2.44. The topological polar surface area (TPSA) is 85.8 Å². The van der Waals surface area contributed by atoms with Gasteiger partial charge in [0.1, 0.15) is 0 Å². The molecular weight excluding hydrogens is 264 g/mol. The summed E-state index contributed by atoms with van der Waals surface area (Å²) in [4.78, 5) is 41.3. The number of nitrogens with zero attached hydrogens (tertiary/aromatic N) is 2. The number of fused-ring (bicyclic) bond motifs is 1. The summed E-state index contributed by atoms with van der Waals surface area (Å²) in [6, 6.07) is 2.41. The number of carbonyl (C=O) groups excluding carboxylic acids is 3. The van der Waals surface area contributed by atoms with Gasteiger partial charge in [-0.1, -0.05) is 0 Å². The zero-order valence-corrected chi connectivity index (χ0v) is 11.3. The van der Waals surface area contributed by atoms with Gasteiger partial charge in [0.2, 0.25) is 0 Å². The van der Waals surface area contributed by atoms with Crippen molar-refractivity contribution in [3.05, 3.63) is 29.6 Å². The molecule has 0 bridgehead atoms. The van der Waals surface area contributed by atoms with Crippen LogP contribution in [0.4, 0.5) is 0 Å². The number of ether oxygens (including phenoxy) is 2. The van der Waals surface area contributed by atoms with Gasteiger partial charge in [0.15, 0.2) is 5.92 Å². The Bertz CT molecular complexity index is 556. The molecule has 1 atom stereocenters. The predicted octanol–water partition coefficient (Wildman–Crippen LogP) is 0.170. The van der Waals surface area contributed by atoms with Crippen LogP contribution in [0.5, 0.6) is 0 Å². The molecule has 1 unspecified atom stereocenters. The predicted molar refractivity (Wildman–Crippen MR) is 66.6 cm³/mol. The molecule has 1 aliphatic heterocycles. The number of methoxy groups -OCH3 is 2. The van der Waals surface area contributed by atoms with Crippen LogP contribution in [0.1, 0.15) is 22.1 Å². The molecule has 0 N–H and O–H groups in total. The average Bonchev–Trinajstić information content (AvgIpc) is 2.72. The fraction of sp³-hybridized carbons (Fsp3) is 0.385. The fourth-order valence-corrected chi connectivity index (χ4v) is 2.32. The Morgan fingerprint density at radius 2 is 1.90 bits per heavy atom. The van der Waals surface area contributed by atoms with E-state index in [1.54, 1.807) is 12.1 Å². The van der Waals surface area contributed by atoms with Crippen LogP contribution in [0.3, 0.4) is 0 Å². The summed E-state index contributed by atoms with van der Waals surface area (Å²) >= 11 is 0. The first kappa shape index (κ1) is 14.0. The van der Waals surface area contributed by atoms with E-state index in [2.05, 4.69) is 14.5 Å². The SMILES string of the molecule is COC(=O)C(C(=O)OC)C1c2ncccc2C(=O)N1C. The average molecular weight is 278 g/mol. The highest BCUT2D eigenvalue weighted by atomic mass is 16.5. The molecule has 0 aliphatic carbocycles. The lowest BCUT2D eigenvalue weighted by Gasteiger charge is -2.25. The molecule has 0 saturated heterocycles. The van der Waals surface area contributed by atoms with E-state index in [1.807, 2.05) is 0 Å². The van der Waals surface area contributed by atoms with E-state index in [-0.39, 0.29) is 5.91 Å². The van der Waals surface area contributed by atoms with E-state index in [1.165, 1.54) is 32.4 Å². The molecule has 1 aromatic rings. The first-order valence-electron chi connectivity index (χ1n) is 5.90. The number of carbonyl (C=O) groups is 3. The van der Waals surface area contributed by atoms with Crippen molar-refractivity contribution in [2.75, 3.05) is 21.3 Å². The summed E-state index contributed by atoms with van der Waals surface area (Å²) < 4.78 is 9.28. The highest BCUT2D eigenvalue weighted by molar-refractivity contribution is 6.02. The first-order valence-corrected chi connectivity index (χ1v) is 5.90. The lowest BCUT2D eigenvalue weighted by atomic mass is 9.96. The molecule has 7 heteroatoms. The Morgan fingerprint density at radius 3 is 2.45 bits per heavy atom. The maximum atomic E-state index is 12.1. The van der Waals surface area contributed by atoms with Crippen LogP contribution >= 0.6 is 0 Å². The van der Waals surface area contributed by atoms with Crippen LogP contribution in [0, 0.1) is 5.92 Å². The largest absolute Gasteiger partial charge is 0.468 e. The van der Waals surface area contributed by atoms with Crippen molar-refractivity contribution in [1.82, 2.24) is 9.88 Å². The van der Waals surface area contributed by atoms with Gasteiger partial charge >= 0.3 is 11.9 Å². The highest BCUT2D eigenvalue weighted by Gasteiger charge is 2.47. The third kappa shape index (κ3) is 2.01. The van der Waals surface area contributed by atoms with Crippen molar-refractivity contribution in [2.24, 2.45) is 5.92 Å². The van der Waals surface area contributed by atoms with Crippen LogP contribution in [0.25, 0.3) is 0 Å². The molecule has 0 fully saturated rings. The second-order valence-electron chi connectivity index (χ2n) is 4.32. The number of hydrogen-bond donors (Lipinski definition) is 0. The lowest BCUT2D eigenvalue weighted by Crippen LogP contribution is -2.38. The number of hydrogen-bond acceptors (Lipinski definition) is 6. The molecule has 1 amide bonds. The zero-order valence-electron chi connectivity index (χ0n) is 11.3. The Labute approximate surface area is 115 Å². The van der Waals surface area contributed by atoms with E-state index in [0.29, 0.717) is 11.3 Å². The summed E-state index contributed by atoms with van der Waals surface area (Å²) in [6.45, 7) is 0. The minimum atomic E-state index is -1.25. The maximum Gasteiger partial charge on any atom is 0.322 e.